The highest BCUT2D eigenvalue weighted by atomic mass is 16.7. The molecule has 1 aromatic rings. The second-order valence-electron chi connectivity index (χ2n) is 5.92. The first-order chi connectivity index (χ1) is 9.19. The molecule has 1 fully saturated rings. The van der Waals surface area contributed by atoms with E-state index in [1.54, 1.807) is 12.1 Å². The molecule has 1 aliphatic heterocycles. The third-order valence-electron chi connectivity index (χ3n) is 4.18. The Morgan fingerprint density at radius 3 is 2.32 bits per heavy atom. The van der Waals surface area contributed by atoms with Crippen molar-refractivity contribution in [2.45, 2.75) is 52.2 Å². The van der Waals surface area contributed by atoms with Gasteiger partial charge in [-0.15, -0.1) is 0 Å². The first-order valence-corrected chi connectivity index (χ1v) is 6.68. The van der Waals surface area contributed by atoms with Crippen molar-refractivity contribution in [2.75, 3.05) is 0 Å². The van der Waals surface area contributed by atoms with Gasteiger partial charge in [-0.1, -0.05) is 25.1 Å². The first kappa shape index (κ1) is 12.9. The number of hydrogen-bond donors (Lipinski definition) is 0. The fraction of sp³-hybridized carbons (Fsp3) is 0.533. The van der Waals surface area contributed by atoms with Crippen LogP contribution in [-0.2, 0) is 15.7 Å². The highest BCUT2D eigenvalue weighted by molar-refractivity contribution is 6.62. The van der Waals surface area contributed by atoms with Crippen LogP contribution in [0.5, 0.6) is 0 Å². The predicted molar refractivity (Wildman–Crippen MR) is 76.9 cm³/mol. The number of hydrogen-bond acceptors (Lipinski definition) is 3. The van der Waals surface area contributed by atoms with E-state index in [0.29, 0.717) is 12.0 Å². The van der Waals surface area contributed by atoms with Crippen molar-refractivity contribution in [3.05, 3.63) is 29.3 Å². The Morgan fingerprint density at radius 1 is 1.26 bits per heavy atom. The lowest BCUT2D eigenvalue weighted by molar-refractivity contribution is 0.00578. The molecule has 1 saturated heterocycles. The molecule has 0 N–H and O–H groups in total. The Kier molecular flexibility index (Phi) is 3.23. The summed E-state index contributed by atoms with van der Waals surface area (Å²) in [5.41, 5.74) is 1.29. The average molecular weight is 261 g/mol. The van der Waals surface area contributed by atoms with E-state index in [9.17, 15) is 4.79 Å². The quantitative estimate of drug-likeness (QED) is 0.619. The van der Waals surface area contributed by atoms with Crippen LogP contribution in [0.25, 0.3) is 0 Å². The summed E-state index contributed by atoms with van der Waals surface area (Å²) < 4.78 is 19.4. The van der Waals surface area contributed by atoms with Crippen LogP contribution in [0.4, 0.5) is 0 Å². The van der Waals surface area contributed by atoms with Crippen LogP contribution >= 0.6 is 0 Å². The molecule has 19 heavy (non-hydrogen) atoms. The molecule has 0 amide bonds. The zero-order chi connectivity index (χ0) is 15.1. The van der Waals surface area contributed by atoms with Gasteiger partial charge in [0.25, 0.3) is 0 Å². The van der Waals surface area contributed by atoms with Crippen LogP contribution in [0.2, 0.25) is 0 Å². The molecule has 0 aromatic heterocycles. The first-order valence-electron chi connectivity index (χ1n) is 7.18. The zero-order valence-electron chi connectivity index (χ0n) is 13.2. The Labute approximate surface area is 116 Å². The molecule has 1 aromatic carbocycles. The van der Waals surface area contributed by atoms with Gasteiger partial charge in [0.05, 0.1) is 11.2 Å². The van der Waals surface area contributed by atoms with Crippen LogP contribution < -0.4 is 5.46 Å². The summed E-state index contributed by atoms with van der Waals surface area (Å²) in [6, 6.07) is 5.37. The molecule has 0 radical (unpaired) electrons. The molecular formula is C15H21BO3. The minimum atomic E-state index is -0.666. The number of rotatable bonds is 3. The monoisotopic (exact) mass is 261 g/mol. The van der Waals surface area contributed by atoms with E-state index in [-0.39, 0.29) is 0 Å². The molecule has 1 aliphatic rings. The maximum Gasteiger partial charge on any atom is 0.495 e. The second kappa shape index (κ2) is 4.76. The topological polar surface area (TPSA) is 35.5 Å². The lowest BCUT2D eigenvalue weighted by atomic mass is 9.74. The maximum absolute atomic E-state index is 11.4. The van der Waals surface area contributed by atoms with Crippen molar-refractivity contribution in [3.8, 4) is 0 Å². The number of benzene rings is 1. The minimum Gasteiger partial charge on any atom is -0.399 e. The van der Waals surface area contributed by atoms with Gasteiger partial charge in [-0.25, -0.2) is 0 Å². The van der Waals surface area contributed by atoms with Crippen molar-refractivity contribution >= 4 is 18.8 Å². The van der Waals surface area contributed by atoms with Crippen molar-refractivity contribution in [1.82, 2.24) is 0 Å². The van der Waals surface area contributed by atoms with Crippen LogP contribution in [0.1, 0.15) is 51.9 Å². The van der Waals surface area contributed by atoms with Crippen LogP contribution in [0.15, 0.2) is 18.2 Å². The molecule has 0 bridgehead atoms. The van der Waals surface area contributed by atoms with Crippen molar-refractivity contribution in [1.29, 1.82) is 0 Å². The molecule has 102 valence electrons. The Bertz CT molecular complexity index is 524. The molecule has 0 spiro atoms. The fourth-order valence-electron chi connectivity index (χ4n) is 2.29. The normalized spacial score (nSPS) is 21.3. The van der Waals surface area contributed by atoms with Gasteiger partial charge in [0.15, 0.2) is 0 Å². The van der Waals surface area contributed by atoms with Crippen molar-refractivity contribution in [2.24, 2.45) is 0 Å². The van der Waals surface area contributed by atoms with Gasteiger partial charge in [-0.3, -0.25) is 4.79 Å². The third kappa shape index (κ3) is 2.35. The summed E-state index contributed by atoms with van der Waals surface area (Å²) in [6.45, 7) is 9.96. The van der Waals surface area contributed by atoms with Gasteiger partial charge in [0.1, 0.15) is 7.63 Å². The van der Waals surface area contributed by atoms with E-state index in [1.807, 2.05) is 40.7 Å². The lowest BCUT2D eigenvalue weighted by Gasteiger charge is -2.32. The molecule has 3 nitrogen and oxygen atoms in total. The second-order valence-corrected chi connectivity index (χ2v) is 5.92. The number of aldehydes is 1. The number of carbonyl (C=O) groups excluding carboxylic acids is 1. The summed E-state index contributed by atoms with van der Waals surface area (Å²) in [5, 5.41) is 0. The van der Waals surface area contributed by atoms with E-state index in [1.165, 1.54) is 0 Å². The Hall–Kier alpha value is -1.13. The van der Waals surface area contributed by atoms with Gasteiger partial charge >= 0.3 is 7.12 Å². The lowest BCUT2D eigenvalue weighted by Crippen LogP contribution is -2.41. The van der Waals surface area contributed by atoms with Gasteiger partial charge in [-0.2, -0.15) is 0 Å². The standard InChI is InChI=1S/C15H21BO3/c1-6-12-11(10-17)8-7-9-13(12)16-18-14(2,3)15(4,5)19-16/h7-10H,6H2,1-5H3/i10D. The smallest absolute Gasteiger partial charge is 0.399 e. The van der Waals surface area contributed by atoms with Crippen LogP contribution in [-0.4, -0.2) is 24.6 Å². The van der Waals surface area contributed by atoms with Crippen LogP contribution in [0.3, 0.4) is 0 Å². The fourth-order valence-corrected chi connectivity index (χ4v) is 2.29. The molecule has 0 unspecified atom stereocenters. The summed E-state index contributed by atoms with van der Waals surface area (Å²) in [4.78, 5) is 11.4. The molecule has 0 atom stereocenters. The van der Waals surface area contributed by atoms with E-state index in [2.05, 4.69) is 0 Å². The predicted octanol–water partition coefficient (Wildman–Crippen LogP) is 2.36. The van der Waals surface area contributed by atoms with E-state index in [0.717, 1.165) is 11.0 Å². The Balaban J connectivity index is 2.45. The molecule has 1 heterocycles. The largest absolute Gasteiger partial charge is 0.495 e. The maximum atomic E-state index is 11.4. The summed E-state index contributed by atoms with van der Waals surface area (Å²) in [5.74, 6) is 0. The summed E-state index contributed by atoms with van der Waals surface area (Å²) >= 11 is 0. The molecule has 0 saturated carbocycles. The zero-order valence-corrected chi connectivity index (χ0v) is 12.2. The SMILES string of the molecule is [2H]C(=O)c1cccc(B2OC(C)(C)C(C)(C)O2)c1CC. The van der Waals surface area contributed by atoms with E-state index in [4.69, 9.17) is 10.7 Å². The van der Waals surface area contributed by atoms with Gasteiger partial charge in [0.2, 0.25) is 0 Å². The summed E-state index contributed by atoms with van der Waals surface area (Å²) in [6.07, 6.45) is 0.000403. The summed E-state index contributed by atoms with van der Waals surface area (Å²) in [7, 11) is -0.491. The molecule has 0 aliphatic carbocycles. The van der Waals surface area contributed by atoms with E-state index < -0.39 is 24.6 Å². The number of carbonyl (C=O) groups is 1. The molecular weight excluding hydrogens is 239 g/mol. The Morgan fingerprint density at radius 2 is 1.84 bits per heavy atom. The van der Waals surface area contributed by atoms with E-state index >= 15 is 0 Å². The molecule has 4 heteroatoms. The van der Waals surface area contributed by atoms with Gasteiger partial charge in [0, 0.05) is 5.56 Å². The molecule has 2 rings (SSSR count). The average Bonchev–Trinajstić information content (AvgIpc) is 2.57. The van der Waals surface area contributed by atoms with Crippen molar-refractivity contribution in [3.63, 3.8) is 0 Å². The third-order valence-corrected chi connectivity index (χ3v) is 4.18. The highest BCUT2D eigenvalue weighted by Gasteiger charge is 2.52. The highest BCUT2D eigenvalue weighted by Crippen LogP contribution is 2.36. The van der Waals surface area contributed by atoms with Gasteiger partial charge < -0.3 is 9.31 Å². The van der Waals surface area contributed by atoms with Crippen LogP contribution in [0, 0.1) is 0 Å². The van der Waals surface area contributed by atoms with Gasteiger partial charge in [-0.05, 0) is 45.1 Å². The van der Waals surface area contributed by atoms with Crippen molar-refractivity contribution < 1.29 is 15.5 Å². The minimum absolute atomic E-state index is 0.413.